The van der Waals surface area contributed by atoms with E-state index in [2.05, 4.69) is 41.3 Å². The lowest BCUT2D eigenvalue weighted by molar-refractivity contribution is -0.114. The summed E-state index contributed by atoms with van der Waals surface area (Å²) in [6.45, 7) is 3.84. The number of aliphatic hydroxyl groups excluding tert-OH is 1. The van der Waals surface area contributed by atoms with E-state index in [0.717, 1.165) is 37.3 Å². The first-order valence-electron chi connectivity index (χ1n) is 12.3. The van der Waals surface area contributed by atoms with E-state index in [1.807, 2.05) is 24.3 Å². The number of hydrogen-bond acceptors (Lipinski definition) is 4. The van der Waals surface area contributed by atoms with Crippen molar-refractivity contribution >= 4 is 18.2 Å². The Balaban J connectivity index is 0.000000587. The number of nitrogens with one attached hydrogen (secondary N) is 1. The maximum atomic E-state index is 11.9. The highest BCUT2D eigenvalue weighted by molar-refractivity contribution is 5.99. The van der Waals surface area contributed by atoms with Gasteiger partial charge in [-0.1, -0.05) is 87.6 Å². The zero-order chi connectivity index (χ0) is 23.4. The molecule has 0 spiro atoms. The zero-order valence-corrected chi connectivity index (χ0v) is 21.7. The Morgan fingerprint density at radius 1 is 1.12 bits per heavy atom. The maximum absolute atomic E-state index is 11.9. The van der Waals surface area contributed by atoms with Crippen LogP contribution in [-0.4, -0.2) is 44.8 Å². The van der Waals surface area contributed by atoms with Gasteiger partial charge in [-0.2, -0.15) is 0 Å². The molecule has 1 saturated carbocycles. The minimum Gasteiger partial charge on any atom is -0.396 e. The molecule has 0 saturated heterocycles. The van der Waals surface area contributed by atoms with Crippen LogP contribution < -0.4 is 5.32 Å². The minimum absolute atomic E-state index is 0. The molecule has 5 heteroatoms. The summed E-state index contributed by atoms with van der Waals surface area (Å²) < 4.78 is 4.25. The van der Waals surface area contributed by atoms with Crippen LogP contribution in [0.3, 0.4) is 0 Å². The molecule has 1 aromatic rings. The van der Waals surface area contributed by atoms with Crippen molar-refractivity contribution in [2.24, 2.45) is 5.92 Å². The van der Waals surface area contributed by atoms with Crippen molar-refractivity contribution in [3.63, 3.8) is 0 Å². The summed E-state index contributed by atoms with van der Waals surface area (Å²) >= 11 is 0. The maximum Gasteiger partial charge on any atom is 0.176 e. The van der Waals surface area contributed by atoms with E-state index in [-0.39, 0.29) is 24.8 Å². The lowest BCUT2D eigenvalue weighted by atomic mass is 9.87. The second-order valence-electron chi connectivity index (χ2n) is 8.64. The van der Waals surface area contributed by atoms with E-state index in [0.29, 0.717) is 12.5 Å². The van der Waals surface area contributed by atoms with Gasteiger partial charge in [0.1, 0.15) is 0 Å². The predicted molar refractivity (Wildman–Crippen MR) is 142 cm³/mol. The molecule has 1 atom stereocenters. The van der Waals surface area contributed by atoms with Gasteiger partial charge in [-0.05, 0) is 43.7 Å². The van der Waals surface area contributed by atoms with Crippen molar-refractivity contribution in [1.82, 2.24) is 5.32 Å². The molecule has 3 rings (SSSR count). The van der Waals surface area contributed by atoms with Crippen LogP contribution in [0.2, 0.25) is 0 Å². The third-order valence-electron chi connectivity index (χ3n) is 6.04. The van der Waals surface area contributed by atoms with Gasteiger partial charge in [0, 0.05) is 32.3 Å². The van der Waals surface area contributed by atoms with Gasteiger partial charge in [0.15, 0.2) is 5.78 Å². The van der Waals surface area contributed by atoms with Gasteiger partial charge in [-0.15, -0.1) is 12.4 Å². The number of hydrogen-bond donors (Lipinski definition) is 2. The number of aliphatic hydroxyl groups is 1. The number of methoxy groups -OCH3 is 1. The van der Waals surface area contributed by atoms with Crippen LogP contribution in [0.15, 0.2) is 54.1 Å². The summed E-state index contributed by atoms with van der Waals surface area (Å²) in [5, 5.41) is 12.3. The fraction of sp³-hybridized carbons (Fsp3) is 0.607. The van der Waals surface area contributed by atoms with Crippen molar-refractivity contribution in [2.75, 3.05) is 33.9 Å². The highest BCUT2D eigenvalue weighted by Gasteiger charge is 2.13. The van der Waals surface area contributed by atoms with Crippen LogP contribution in [0.4, 0.5) is 0 Å². The summed E-state index contributed by atoms with van der Waals surface area (Å²) in [5.74, 6) is 1.46. The number of carbonyl (C=O) groups excluding carboxylic acids is 1. The Morgan fingerprint density at radius 3 is 2.33 bits per heavy atom. The first-order valence-corrected chi connectivity index (χ1v) is 12.3. The Bertz CT molecular complexity index is 650. The van der Waals surface area contributed by atoms with Crippen LogP contribution in [0, 0.1) is 5.92 Å². The average Bonchev–Trinajstić information content (AvgIpc) is 2.85. The summed E-state index contributed by atoms with van der Waals surface area (Å²) in [7, 11) is 3.25. The molecule has 33 heavy (non-hydrogen) atoms. The van der Waals surface area contributed by atoms with Crippen molar-refractivity contribution < 1.29 is 14.6 Å². The smallest absolute Gasteiger partial charge is 0.176 e. The van der Waals surface area contributed by atoms with Crippen molar-refractivity contribution in [3.8, 4) is 0 Å². The summed E-state index contributed by atoms with van der Waals surface area (Å²) in [4.78, 5) is 11.9. The number of rotatable bonds is 9. The minimum atomic E-state index is 0. The lowest BCUT2D eigenvalue weighted by Gasteiger charge is -2.21. The molecule has 0 bridgehead atoms. The van der Waals surface area contributed by atoms with Gasteiger partial charge in [0.05, 0.1) is 6.54 Å². The molecule has 2 aliphatic rings. The normalized spacial score (nSPS) is 16.2. The average molecular weight is 480 g/mol. The second-order valence-corrected chi connectivity index (χ2v) is 8.64. The van der Waals surface area contributed by atoms with Crippen molar-refractivity contribution in [3.05, 3.63) is 59.7 Å². The van der Waals surface area contributed by atoms with Gasteiger partial charge in [0.2, 0.25) is 0 Å². The number of benzene rings is 1. The van der Waals surface area contributed by atoms with Gasteiger partial charge < -0.3 is 15.2 Å². The van der Waals surface area contributed by atoms with Gasteiger partial charge >= 0.3 is 0 Å². The summed E-state index contributed by atoms with van der Waals surface area (Å²) in [5.41, 5.74) is 2.13. The monoisotopic (exact) mass is 479 g/mol. The highest BCUT2D eigenvalue weighted by atomic mass is 35.5. The van der Waals surface area contributed by atoms with Crippen LogP contribution in [0.25, 0.3) is 0 Å². The number of ether oxygens (including phenoxy) is 1. The lowest BCUT2D eigenvalue weighted by Crippen LogP contribution is -2.26. The van der Waals surface area contributed by atoms with Crippen LogP contribution in [0.5, 0.6) is 0 Å². The van der Waals surface area contributed by atoms with Crippen LogP contribution in [0.1, 0.15) is 76.2 Å². The van der Waals surface area contributed by atoms with E-state index in [4.69, 9.17) is 5.11 Å². The largest absolute Gasteiger partial charge is 0.396 e. The molecular weight excluding hydrogens is 434 g/mol. The SMILES string of the molecule is CCC(CO)c1ccccc1.COC.Cl.O=C(CNCCC1CCCCC1)C1=CCCC=C1. The van der Waals surface area contributed by atoms with E-state index in [1.54, 1.807) is 14.2 Å². The number of carbonyl (C=O) groups is 1. The fourth-order valence-corrected chi connectivity index (χ4v) is 4.10. The molecular formula is C28H46ClNO3. The van der Waals surface area contributed by atoms with Crippen molar-refractivity contribution in [1.29, 1.82) is 0 Å². The molecule has 0 amide bonds. The Labute approximate surface area is 208 Å². The number of allylic oxidation sites excluding steroid dienone is 3. The number of Topliss-reactive ketones (excluding diaryl/α,β-unsaturated/α-hetero) is 1. The Morgan fingerprint density at radius 2 is 1.79 bits per heavy atom. The van der Waals surface area contributed by atoms with Gasteiger partial charge in [-0.3, -0.25) is 4.79 Å². The molecule has 4 nitrogen and oxygen atoms in total. The van der Waals surface area contributed by atoms with Crippen LogP contribution in [-0.2, 0) is 9.53 Å². The topological polar surface area (TPSA) is 58.6 Å². The van der Waals surface area contributed by atoms with E-state index >= 15 is 0 Å². The molecule has 188 valence electrons. The third-order valence-corrected chi connectivity index (χ3v) is 6.04. The molecule has 1 unspecified atom stereocenters. The van der Waals surface area contributed by atoms with Gasteiger partial charge in [0.25, 0.3) is 0 Å². The number of halogens is 1. The standard InChI is InChI=1S/C16H25NO.C10H14O.C2H6O.ClH/c18-16(15-9-5-2-6-10-15)13-17-12-11-14-7-3-1-4-8-14;1-2-9(8-11)10-6-4-3-5-7-10;1-3-2;/h5,9-10,14,17H,1-4,6-8,11-13H2;3-7,9,11H,2,8H2,1H3;1-2H3;1H. The molecule has 0 heterocycles. The molecule has 1 fully saturated rings. The Kier molecular flexibility index (Phi) is 20.2. The predicted octanol–water partition coefficient (Wildman–Crippen LogP) is 6.25. The molecule has 1 aromatic carbocycles. The second kappa shape index (κ2) is 21.1. The van der Waals surface area contributed by atoms with E-state index in [9.17, 15) is 4.79 Å². The zero-order valence-electron chi connectivity index (χ0n) is 20.9. The summed E-state index contributed by atoms with van der Waals surface area (Å²) in [6, 6.07) is 10.1. The highest BCUT2D eigenvalue weighted by Crippen LogP contribution is 2.25. The quantitative estimate of drug-likeness (QED) is 0.411. The van der Waals surface area contributed by atoms with E-state index < -0.39 is 0 Å². The first-order chi connectivity index (χ1) is 15.7. The molecule has 0 radical (unpaired) electrons. The molecule has 2 N–H and O–H groups in total. The third kappa shape index (κ3) is 14.4. The van der Waals surface area contributed by atoms with E-state index in [1.165, 1.54) is 44.1 Å². The fourth-order valence-electron chi connectivity index (χ4n) is 4.10. The number of ketones is 1. The molecule has 2 aliphatic carbocycles. The first kappa shape index (κ1) is 31.5. The Hall–Kier alpha value is -1.46. The van der Waals surface area contributed by atoms with Crippen LogP contribution >= 0.6 is 12.4 Å². The molecule has 0 aliphatic heterocycles. The summed E-state index contributed by atoms with van der Waals surface area (Å²) in [6.07, 6.45) is 17.5. The van der Waals surface area contributed by atoms with Crippen molar-refractivity contribution in [2.45, 2.75) is 70.6 Å². The molecule has 0 aromatic heterocycles. The van der Waals surface area contributed by atoms with Gasteiger partial charge in [-0.25, -0.2) is 0 Å².